The molecular formula is C26H37N7O. The van der Waals surface area contributed by atoms with Crippen molar-refractivity contribution in [2.24, 2.45) is 5.73 Å². The van der Waals surface area contributed by atoms with Crippen molar-refractivity contribution in [2.45, 2.75) is 19.4 Å². The Kier molecular flexibility index (Phi) is 8.30. The normalized spacial score (nSPS) is 21.1. The molecule has 1 aromatic rings. The van der Waals surface area contributed by atoms with Crippen LogP contribution in [0.1, 0.15) is 12.0 Å². The summed E-state index contributed by atoms with van der Waals surface area (Å²) in [5.41, 5.74) is 15.0. The van der Waals surface area contributed by atoms with E-state index in [1.54, 1.807) is 7.11 Å². The quantitative estimate of drug-likeness (QED) is 0.491. The van der Waals surface area contributed by atoms with Crippen LogP contribution in [0.4, 0.5) is 11.4 Å². The standard InChI is InChI=1S/C26H37N7O/c1-21-19-23(5-8-25(21)32-17-15-31(13-9-27)16-18-32)30-33-14-12-28-10-11-29-20-26(33)22-3-6-24(34-2)7-4-22/h3-6,8,10-12,14,19-20,24,28-30H,7,9,13,15-18,27H2,1-2H3. The van der Waals surface area contributed by atoms with E-state index in [0.29, 0.717) is 0 Å². The lowest BCUT2D eigenvalue weighted by Crippen LogP contribution is -2.48. The third-order valence-corrected chi connectivity index (χ3v) is 6.34. The molecule has 2 heterocycles. The molecule has 1 unspecified atom stereocenters. The van der Waals surface area contributed by atoms with Gasteiger partial charge in [0.2, 0.25) is 0 Å². The van der Waals surface area contributed by atoms with Crippen LogP contribution < -0.4 is 26.7 Å². The molecular weight excluding hydrogens is 426 g/mol. The fraction of sp³-hybridized carbons (Fsp3) is 0.385. The van der Waals surface area contributed by atoms with Crippen molar-refractivity contribution in [3.05, 3.63) is 84.3 Å². The van der Waals surface area contributed by atoms with Gasteiger partial charge in [-0.2, -0.15) is 0 Å². The fourth-order valence-electron chi connectivity index (χ4n) is 4.45. The van der Waals surface area contributed by atoms with Gasteiger partial charge in [-0.05, 0) is 42.7 Å². The number of nitrogens with one attached hydrogen (secondary N) is 3. The molecule has 1 atom stereocenters. The van der Waals surface area contributed by atoms with Crippen molar-refractivity contribution in [3.63, 3.8) is 0 Å². The molecule has 34 heavy (non-hydrogen) atoms. The average Bonchev–Trinajstić information content (AvgIpc) is 2.97. The molecule has 3 aliphatic rings. The van der Waals surface area contributed by atoms with E-state index in [0.717, 1.165) is 62.6 Å². The second-order valence-electron chi connectivity index (χ2n) is 8.64. The predicted molar refractivity (Wildman–Crippen MR) is 140 cm³/mol. The van der Waals surface area contributed by atoms with Crippen LogP contribution in [0.25, 0.3) is 0 Å². The van der Waals surface area contributed by atoms with Gasteiger partial charge in [0.1, 0.15) is 0 Å². The third-order valence-electron chi connectivity index (χ3n) is 6.34. The van der Waals surface area contributed by atoms with E-state index in [2.05, 4.69) is 69.2 Å². The number of aryl methyl sites for hydroxylation is 1. The van der Waals surface area contributed by atoms with Crippen LogP contribution in [-0.4, -0.2) is 62.4 Å². The molecule has 1 aliphatic carbocycles. The van der Waals surface area contributed by atoms with Crippen molar-refractivity contribution < 1.29 is 4.74 Å². The number of piperazine rings is 1. The summed E-state index contributed by atoms with van der Waals surface area (Å²) < 4.78 is 5.46. The lowest BCUT2D eigenvalue weighted by molar-refractivity contribution is 0.142. The third kappa shape index (κ3) is 6.02. The van der Waals surface area contributed by atoms with Crippen molar-refractivity contribution in [1.82, 2.24) is 20.5 Å². The number of hydrogen-bond acceptors (Lipinski definition) is 8. The molecule has 4 rings (SSSR count). The lowest BCUT2D eigenvalue weighted by Gasteiger charge is -2.36. The maximum absolute atomic E-state index is 5.72. The molecule has 0 bridgehead atoms. The van der Waals surface area contributed by atoms with Gasteiger partial charge in [-0.15, -0.1) is 0 Å². The zero-order chi connectivity index (χ0) is 23.8. The number of methoxy groups -OCH3 is 1. The van der Waals surface area contributed by atoms with Crippen LogP contribution in [0, 0.1) is 6.92 Å². The monoisotopic (exact) mass is 463 g/mol. The molecule has 0 spiro atoms. The Morgan fingerprint density at radius 3 is 2.65 bits per heavy atom. The first-order valence-corrected chi connectivity index (χ1v) is 12.0. The summed E-state index contributed by atoms with van der Waals surface area (Å²) in [6, 6.07) is 6.59. The Bertz CT molecular complexity index is 973. The van der Waals surface area contributed by atoms with E-state index in [9.17, 15) is 0 Å². The Labute approximate surface area is 203 Å². The van der Waals surface area contributed by atoms with Gasteiger partial charge in [0.15, 0.2) is 0 Å². The van der Waals surface area contributed by atoms with E-state index >= 15 is 0 Å². The molecule has 8 heteroatoms. The van der Waals surface area contributed by atoms with Crippen LogP contribution in [0.3, 0.4) is 0 Å². The summed E-state index contributed by atoms with van der Waals surface area (Å²) in [5, 5.41) is 8.41. The number of rotatable bonds is 7. The zero-order valence-electron chi connectivity index (χ0n) is 20.2. The molecule has 182 valence electrons. The molecule has 1 fully saturated rings. The van der Waals surface area contributed by atoms with E-state index < -0.39 is 0 Å². The van der Waals surface area contributed by atoms with Crippen molar-refractivity contribution in [1.29, 1.82) is 0 Å². The van der Waals surface area contributed by atoms with Crippen LogP contribution in [0.2, 0.25) is 0 Å². The SMILES string of the molecule is COC1C=CC(C2=CNC=CNC=CN2Nc2ccc(N3CCN(CCN)CC3)c(C)c2)=CC1. The number of hydrogen-bond donors (Lipinski definition) is 4. The van der Waals surface area contributed by atoms with Crippen molar-refractivity contribution in [3.8, 4) is 0 Å². The summed E-state index contributed by atoms with van der Waals surface area (Å²) in [6.45, 7) is 8.06. The minimum atomic E-state index is 0.125. The molecule has 1 saturated heterocycles. The molecule has 8 nitrogen and oxygen atoms in total. The van der Waals surface area contributed by atoms with Crippen molar-refractivity contribution in [2.75, 3.05) is 56.7 Å². The summed E-state index contributed by atoms with van der Waals surface area (Å²) in [4.78, 5) is 4.91. The first-order valence-electron chi connectivity index (χ1n) is 12.0. The number of benzene rings is 1. The molecule has 0 aromatic heterocycles. The van der Waals surface area contributed by atoms with Gasteiger partial charge in [0.05, 0.1) is 17.5 Å². The number of nitrogens with zero attached hydrogens (tertiary/aromatic N) is 3. The van der Waals surface area contributed by atoms with Gasteiger partial charge in [0, 0.05) is 83.1 Å². The molecule has 0 saturated carbocycles. The molecule has 2 aliphatic heterocycles. The number of nitrogens with two attached hydrogens (primary N) is 1. The Morgan fingerprint density at radius 2 is 1.94 bits per heavy atom. The Morgan fingerprint density at radius 1 is 1.12 bits per heavy atom. The number of hydrazine groups is 1. The van der Waals surface area contributed by atoms with Gasteiger partial charge in [0.25, 0.3) is 0 Å². The first kappa shape index (κ1) is 23.9. The van der Waals surface area contributed by atoms with Crippen LogP contribution in [-0.2, 0) is 4.74 Å². The Balaban J connectivity index is 1.49. The van der Waals surface area contributed by atoms with Gasteiger partial charge in [-0.3, -0.25) is 15.3 Å². The molecule has 0 amide bonds. The zero-order valence-corrected chi connectivity index (χ0v) is 20.2. The second kappa shape index (κ2) is 11.8. The molecule has 1 aromatic carbocycles. The van der Waals surface area contributed by atoms with E-state index in [-0.39, 0.29) is 6.10 Å². The maximum atomic E-state index is 5.72. The smallest absolute Gasteiger partial charge is 0.0852 e. The first-order chi connectivity index (χ1) is 16.7. The van der Waals surface area contributed by atoms with E-state index in [1.807, 2.05) is 36.0 Å². The van der Waals surface area contributed by atoms with Crippen LogP contribution in [0.15, 0.2) is 78.7 Å². The van der Waals surface area contributed by atoms with Crippen LogP contribution in [0.5, 0.6) is 0 Å². The second-order valence-corrected chi connectivity index (χ2v) is 8.64. The Hall–Kier alpha value is -3.20. The van der Waals surface area contributed by atoms with Gasteiger partial charge in [-0.25, -0.2) is 0 Å². The van der Waals surface area contributed by atoms with E-state index in [1.165, 1.54) is 11.3 Å². The molecule has 5 N–H and O–H groups in total. The predicted octanol–water partition coefficient (Wildman–Crippen LogP) is 2.58. The topological polar surface area (TPSA) is 81.1 Å². The number of allylic oxidation sites excluding steroid dienone is 1. The highest BCUT2D eigenvalue weighted by Crippen LogP contribution is 2.28. The van der Waals surface area contributed by atoms with E-state index in [4.69, 9.17) is 10.5 Å². The number of anilines is 2. The van der Waals surface area contributed by atoms with Gasteiger partial charge < -0.3 is 26.0 Å². The summed E-state index contributed by atoms with van der Waals surface area (Å²) in [7, 11) is 1.74. The maximum Gasteiger partial charge on any atom is 0.0852 e. The number of ether oxygens (including phenoxy) is 1. The highest BCUT2D eigenvalue weighted by atomic mass is 16.5. The highest BCUT2D eigenvalue weighted by Gasteiger charge is 2.19. The summed E-state index contributed by atoms with van der Waals surface area (Å²) >= 11 is 0. The summed E-state index contributed by atoms with van der Waals surface area (Å²) in [6.07, 6.45) is 17.0. The summed E-state index contributed by atoms with van der Waals surface area (Å²) in [5.74, 6) is 0. The highest BCUT2D eigenvalue weighted by molar-refractivity contribution is 5.61. The van der Waals surface area contributed by atoms with Gasteiger partial charge >= 0.3 is 0 Å². The molecule has 0 radical (unpaired) electrons. The largest absolute Gasteiger partial charge is 0.377 e. The fourth-order valence-corrected chi connectivity index (χ4v) is 4.45. The minimum absolute atomic E-state index is 0.125. The van der Waals surface area contributed by atoms with Gasteiger partial charge in [-0.1, -0.05) is 18.2 Å². The lowest BCUT2D eigenvalue weighted by atomic mass is 10.0. The van der Waals surface area contributed by atoms with Crippen molar-refractivity contribution >= 4 is 11.4 Å². The van der Waals surface area contributed by atoms with Crippen LogP contribution >= 0.6 is 0 Å². The minimum Gasteiger partial charge on any atom is -0.377 e. The average molecular weight is 464 g/mol.